The average Bonchev–Trinajstić information content (AvgIpc) is 3.28. The molecule has 2 aromatic heterocycles. The first kappa shape index (κ1) is 29.0. The lowest BCUT2D eigenvalue weighted by Gasteiger charge is -2.23. The number of aromatic nitrogens is 3. The van der Waals surface area contributed by atoms with Crippen molar-refractivity contribution >= 4 is 27.7 Å². The fraction of sp³-hybridized carbons (Fsp3) is 0.417. The summed E-state index contributed by atoms with van der Waals surface area (Å²) in [5.74, 6) is -0.368. The maximum absolute atomic E-state index is 12.7. The number of carbonyl (C=O) groups is 2. The van der Waals surface area contributed by atoms with Gasteiger partial charge in [0.05, 0.1) is 24.5 Å². The Morgan fingerprint density at radius 3 is 2.47 bits per heavy atom. The number of sulfonamides is 1. The molecule has 3 rings (SSSR count). The van der Waals surface area contributed by atoms with E-state index in [1.54, 1.807) is 36.6 Å². The first-order valence-electron chi connectivity index (χ1n) is 11.8. The van der Waals surface area contributed by atoms with E-state index in [4.69, 9.17) is 20.3 Å². The molecule has 0 saturated heterocycles. The predicted molar refractivity (Wildman–Crippen MR) is 139 cm³/mol. The molecule has 14 heteroatoms. The maximum atomic E-state index is 12.7. The fourth-order valence-corrected chi connectivity index (χ4v) is 3.81. The fourth-order valence-electron chi connectivity index (χ4n) is 3.28. The van der Waals surface area contributed by atoms with Crippen LogP contribution in [0.1, 0.15) is 36.8 Å². The lowest BCUT2D eigenvalue weighted by molar-refractivity contribution is -0.126. The molecule has 0 unspecified atom stereocenters. The van der Waals surface area contributed by atoms with Gasteiger partial charge in [0.1, 0.15) is 12.6 Å². The Kier molecular flexibility index (Phi) is 9.38. The molecule has 38 heavy (non-hydrogen) atoms. The van der Waals surface area contributed by atoms with Crippen LogP contribution in [0.2, 0.25) is 0 Å². The monoisotopic (exact) mass is 547 g/mol. The third-order valence-corrected chi connectivity index (χ3v) is 6.23. The number of benzene rings is 1. The van der Waals surface area contributed by atoms with Crippen molar-refractivity contribution in [1.29, 1.82) is 0 Å². The van der Waals surface area contributed by atoms with Gasteiger partial charge in [-0.2, -0.15) is 0 Å². The molecule has 3 aromatic rings. The highest BCUT2D eigenvalue weighted by Gasteiger charge is 2.28. The Bertz CT molecular complexity index is 1360. The second-order valence-electron chi connectivity index (χ2n) is 9.42. The third kappa shape index (κ3) is 8.48. The number of nitrogens with zero attached hydrogens (tertiary/aromatic N) is 4. The van der Waals surface area contributed by atoms with E-state index in [9.17, 15) is 18.0 Å². The van der Waals surface area contributed by atoms with Gasteiger partial charge in [0.2, 0.25) is 15.9 Å². The predicted octanol–water partition coefficient (Wildman–Crippen LogP) is 0.698. The maximum Gasteiger partial charge on any atom is 0.409 e. The van der Waals surface area contributed by atoms with Crippen LogP contribution >= 0.6 is 0 Å². The van der Waals surface area contributed by atoms with Crippen molar-refractivity contribution in [3.8, 4) is 0 Å². The molecular formula is C24H33N7O6S. The molecule has 1 aromatic carbocycles. The zero-order valence-electron chi connectivity index (χ0n) is 21.5. The number of fused-ring (bicyclic) bond motifs is 1. The van der Waals surface area contributed by atoms with Gasteiger partial charge in [0.15, 0.2) is 11.5 Å². The molecule has 2 heterocycles. The molecule has 2 amide bonds. The number of hydrogen-bond donors (Lipinski definition) is 3. The van der Waals surface area contributed by atoms with Crippen molar-refractivity contribution in [3.05, 3.63) is 65.6 Å². The van der Waals surface area contributed by atoms with Crippen molar-refractivity contribution in [2.45, 2.75) is 38.6 Å². The summed E-state index contributed by atoms with van der Waals surface area (Å²) in [7, 11) is -2.29. The molecule has 0 aliphatic heterocycles. The summed E-state index contributed by atoms with van der Waals surface area (Å²) in [4.78, 5) is 26.1. The summed E-state index contributed by atoms with van der Waals surface area (Å²) in [6.45, 7) is 3.43. The molecule has 0 bridgehead atoms. The summed E-state index contributed by atoms with van der Waals surface area (Å²) < 4.78 is 35.1. The van der Waals surface area contributed by atoms with Crippen LogP contribution in [0.3, 0.4) is 0 Å². The van der Waals surface area contributed by atoms with Gasteiger partial charge in [0, 0.05) is 25.4 Å². The van der Waals surface area contributed by atoms with E-state index >= 15 is 0 Å². The normalized spacial score (nSPS) is 12.8. The van der Waals surface area contributed by atoms with E-state index in [1.807, 2.05) is 30.3 Å². The zero-order chi connectivity index (χ0) is 27.9. The van der Waals surface area contributed by atoms with Crippen molar-refractivity contribution in [3.63, 3.8) is 0 Å². The molecule has 0 aliphatic rings. The van der Waals surface area contributed by atoms with Gasteiger partial charge < -0.3 is 25.4 Å². The number of nitrogens with one attached hydrogen (secondary N) is 1. The van der Waals surface area contributed by atoms with E-state index < -0.39 is 33.6 Å². The van der Waals surface area contributed by atoms with E-state index in [2.05, 4.69) is 15.5 Å². The standard InChI is InChI=1S/C24H33N7O6S/c1-24(2,25)22(32)27-19(16-36-14-17-7-5-4-6-8-17)21-29-28-20-10-9-18(13-31(20)21)15-37-23(33)30(3)11-12-38(26,34)35/h4-10,13,19H,11-12,14-16,25H2,1-3H3,(H,27,32)(H2,26,34,35)/t19-/m1/s1. The van der Waals surface area contributed by atoms with Crippen molar-refractivity contribution < 1.29 is 27.5 Å². The minimum atomic E-state index is -3.71. The van der Waals surface area contributed by atoms with Crippen LogP contribution in [-0.4, -0.2) is 71.4 Å². The smallest absolute Gasteiger partial charge is 0.409 e. The van der Waals surface area contributed by atoms with E-state index in [0.717, 1.165) is 10.5 Å². The molecule has 0 saturated carbocycles. The van der Waals surface area contributed by atoms with E-state index in [-0.39, 0.29) is 25.5 Å². The molecular weight excluding hydrogens is 514 g/mol. The van der Waals surface area contributed by atoms with Gasteiger partial charge in [-0.3, -0.25) is 9.20 Å². The van der Waals surface area contributed by atoms with E-state index in [1.165, 1.54) is 7.05 Å². The second kappa shape index (κ2) is 12.3. The van der Waals surface area contributed by atoms with Gasteiger partial charge in [-0.1, -0.05) is 36.4 Å². The highest BCUT2D eigenvalue weighted by Crippen LogP contribution is 2.17. The molecule has 5 N–H and O–H groups in total. The van der Waals surface area contributed by atoms with Crippen LogP contribution in [0, 0.1) is 0 Å². The Hall–Kier alpha value is -3.59. The van der Waals surface area contributed by atoms with Crippen LogP contribution in [0.4, 0.5) is 4.79 Å². The SMILES string of the molecule is CN(CCS(N)(=O)=O)C(=O)OCc1ccc2nnc([C@@H](COCc3ccccc3)NC(=O)C(C)(C)N)n2c1. The summed E-state index contributed by atoms with van der Waals surface area (Å²) in [6.07, 6.45) is 0.981. The quantitative estimate of drug-likeness (QED) is 0.294. The summed E-state index contributed by atoms with van der Waals surface area (Å²) in [5.41, 5.74) is 6.95. The number of amides is 2. The van der Waals surface area contributed by atoms with Gasteiger partial charge in [-0.05, 0) is 25.5 Å². The molecule has 0 fully saturated rings. The number of primary sulfonamides is 1. The number of carbonyl (C=O) groups excluding carboxylic acids is 2. The van der Waals surface area contributed by atoms with Gasteiger partial charge in [0.25, 0.3) is 0 Å². The lowest BCUT2D eigenvalue weighted by Crippen LogP contribution is -2.50. The Labute approximate surface area is 221 Å². The summed E-state index contributed by atoms with van der Waals surface area (Å²) in [6, 6.07) is 12.3. The lowest BCUT2D eigenvalue weighted by atomic mass is 10.1. The molecule has 0 spiro atoms. The highest BCUT2D eigenvalue weighted by atomic mass is 32.2. The van der Waals surface area contributed by atoms with Gasteiger partial charge >= 0.3 is 6.09 Å². The van der Waals surface area contributed by atoms with Crippen LogP contribution in [0.5, 0.6) is 0 Å². The van der Waals surface area contributed by atoms with Crippen molar-refractivity contribution in [2.75, 3.05) is 26.0 Å². The molecule has 13 nitrogen and oxygen atoms in total. The molecule has 206 valence electrons. The first-order valence-corrected chi connectivity index (χ1v) is 13.5. The molecule has 0 aliphatic carbocycles. The Balaban J connectivity index is 1.75. The molecule has 0 radical (unpaired) electrons. The third-order valence-electron chi connectivity index (χ3n) is 5.47. The summed E-state index contributed by atoms with van der Waals surface area (Å²) >= 11 is 0. The number of rotatable bonds is 12. The Morgan fingerprint density at radius 1 is 1.11 bits per heavy atom. The number of hydrogen-bond acceptors (Lipinski definition) is 9. The van der Waals surface area contributed by atoms with Gasteiger partial charge in [-0.15, -0.1) is 10.2 Å². The van der Waals surface area contributed by atoms with Crippen molar-refractivity contribution in [2.24, 2.45) is 10.9 Å². The van der Waals surface area contributed by atoms with Crippen LogP contribution in [-0.2, 0) is 37.5 Å². The Morgan fingerprint density at radius 2 is 1.82 bits per heavy atom. The topological polar surface area (TPSA) is 184 Å². The van der Waals surface area contributed by atoms with Gasteiger partial charge in [-0.25, -0.2) is 18.4 Å². The minimum absolute atomic E-state index is 0.0938. The van der Waals surface area contributed by atoms with Crippen molar-refractivity contribution in [1.82, 2.24) is 24.8 Å². The van der Waals surface area contributed by atoms with Crippen LogP contribution in [0.25, 0.3) is 5.65 Å². The minimum Gasteiger partial charge on any atom is -0.444 e. The summed E-state index contributed by atoms with van der Waals surface area (Å²) in [5, 5.41) is 16.3. The van der Waals surface area contributed by atoms with Crippen LogP contribution in [0.15, 0.2) is 48.7 Å². The largest absolute Gasteiger partial charge is 0.444 e. The van der Waals surface area contributed by atoms with E-state index in [0.29, 0.717) is 23.6 Å². The number of pyridine rings is 1. The second-order valence-corrected chi connectivity index (χ2v) is 11.1. The highest BCUT2D eigenvalue weighted by molar-refractivity contribution is 7.89. The van der Waals surface area contributed by atoms with Crippen LogP contribution < -0.4 is 16.2 Å². The first-order chi connectivity index (χ1) is 17.8. The zero-order valence-corrected chi connectivity index (χ0v) is 22.3. The average molecular weight is 548 g/mol. The molecule has 1 atom stereocenters. The number of nitrogens with two attached hydrogens (primary N) is 2. The number of ether oxygens (including phenoxy) is 2.